The van der Waals surface area contributed by atoms with E-state index in [1.807, 2.05) is 6.92 Å². The number of aliphatic hydroxyl groups is 3. The number of unbranched alkanes of at least 4 members (excludes halogenated alkanes) is 3. The molecule has 0 aliphatic heterocycles. The van der Waals surface area contributed by atoms with Crippen LogP contribution in [0.25, 0.3) is 0 Å². The summed E-state index contributed by atoms with van der Waals surface area (Å²) in [5.41, 5.74) is 0. The van der Waals surface area contributed by atoms with Gasteiger partial charge >= 0.3 is 0 Å². The molecule has 0 aromatic carbocycles. The SMILES string of the molecule is CCCC.CCCCCC(O)(O)O. The molecule has 0 aromatic rings. The summed E-state index contributed by atoms with van der Waals surface area (Å²) in [5.74, 6) is -2.45. The van der Waals surface area contributed by atoms with Crippen molar-refractivity contribution >= 4 is 0 Å². The molecule has 0 rings (SSSR count). The van der Waals surface area contributed by atoms with E-state index in [-0.39, 0.29) is 6.42 Å². The van der Waals surface area contributed by atoms with Crippen molar-refractivity contribution in [3.8, 4) is 0 Å². The second kappa shape index (κ2) is 9.96. The minimum absolute atomic E-state index is 0.0425. The Hall–Kier alpha value is -0.120. The van der Waals surface area contributed by atoms with Crippen molar-refractivity contribution in [3.63, 3.8) is 0 Å². The van der Waals surface area contributed by atoms with Gasteiger partial charge in [-0.2, -0.15) is 0 Å². The smallest absolute Gasteiger partial charge is 0.275 e. The second-order valence-corrected chi connectivity index (χ2v) is 3.23. The Morgan fingerprint density at radius 3 is 1.46 bits per heavy atom. The normalized spacial score (nSPS) is 10.6. The lowest BCUT2D eigenvalue weighted by Crippen LogP contribution is -2.26. The number of rotatable bonds is 5. The van der Waals surface area contributed by atoms with Crippen LogP contribution in [0.5, 0.6) is 0 Å². The molecule has 0 saturated heterocycles. The number of hydrogen-bond donors (Lipinski definition) is 3. The van der Waals surface area contributed by atoms with Crippen LogP contribution in [0.1, 0.15) is 59.3 Å². The lowest BCUT2D eigenvalue weighted by molar-refractivity contribution is -0.314. The summed E-state index contributed by atoms with van der Waals surface area (Å²) in [6, 6.07) is 0. The van der Waals surface area contributed by atoms with Crippen molar-refractivity contribution in [2.75, 3.05) is 0 Å². The van der Waals surface area contributed by atoms with Gasteiger partial charge in [-0.1, -0.05) is 46.5 Å². The van der Waals surface area contributed by atoms with Gasteiger partial charge in [0.2, 0.25) is 0 Å². The van der Waals surface area contributed by atoms with Gasteiger partial charge in [0.15, 0.2) is 0 Å². The van der Waals surface area contributed by atoms with Crippen molar-refractivity contribution in [1.29, 1.82) is 0 Å². The fourth-order valence-electron chi connectivity index (χ4n) is 0.612. The zero-order chi connectivity index (χ0) is 10.7. The molecule has 0 saturated carbocycles. The highest BCUT2D eigenvalue weighted by atomic mass is 16.7. The third-order valence-corrected chi connectivity index (χ3v) is 1.62. The Morgan fingerprint density at radius 1 is 0.769 bits per heavy atom. The Bertz CT molecular complexity index is 84.7. The Kier molecular flexibility index (Phi) is 11.8. The van der Waals surface area contributed by atoms with Crippen LogP contribution in [0.15, 0.2) is 0 Å². The Balaban J connectivity index is 0. The van der Waals surface area contributed by atoms with E-state index in [1.54, 1.807) is 0 Å². The van der Waals surface area contributed by atoms with Crippen LogP contribution in [0, 0.1) is 0 Å². The standard InChI is InChI=1S/C6H14O3.C4H10/c1-2-3-4-5-6(7,8)9;1-3-4-2/h7-9H,2-5H2,1H3;3-4H2,1-2H3. The third kappa shape index (κ3) is 24.5. The quantitative estimate of drug-likeness (QED) is 0.461. The van der Waals surface area contributed by atoms with Crippen LogP contribution in [0.3, 0.4) is 0 Å². The average molecular weight is 192 g/mol. The van der Waals surface area contributed by atoms with E-state index in [9.17, 15) is 0 Å². The molecule has 3 nitrogen and oxygen atoms in total. The van der Waals surface area contributed by atoms with Crippen molar-refractivity contribution in [2.45, 2.75) is 65.3 Å². The first kappa shape index (κ1) is 15.4. The van der Waals surface area contributed by atoms with Crippen LogP contribution in [-0.4, -0.2) is 21.3 Å². The summed E-state index contributed by atoms with van der Waals surface area (Å²) in [4.78, 5) is 0. The lowest BCUT2D eigenvalue weighted by Gasteiger charge is -2.12. The summed E-state index contributed by atoms with van der Waals surface area (Å²) in [6.45, 7) is 6.37. The molecule has 0 aliphatic carbocycles. The predicted molar refractivity (Wildman–Crippen MR) is 54.1 cm³/mol. The van der Waals surface area contributed by atoms with Crippen LogP contribution in [0.2, 0.25) is 0 Å². The van der Waals surface area contributed by atoms with E-state index in [0.29, 0.717) is 6.42 Å². The van der Waals surface area contributed by atoms with Crippen LogP contribution >= 0.6 is 0 Å². The molecular weight excluding hydrogens is 168 g/mol. The summed E-state index contributed by atoms with van der Waals surface area (Å²) < 4.78 is 0. The van der Waals surface area contributed by atoms with E-state index in [4.69, 9.17) is 15.3 Å². The van der Waals surface area contributed by atoms with Gasteiger partial charge in [-0.3, -0.25) is 0 Å². The maximum Gasteiger partial charge on any atom is 0.275 e. The van der Waals surface area contributed by atoms with Gasteiger partial charge in [-0.25, -0.2) is 0 Å². The second-order valence-electron chi connectivity index (χ2n) is 3.23. The highest BCUT2D eigenvalue weighted by Crippen LogP contribution is 2.07. The largest absolute Gasteiger partial charge is 0.344 e. The Morgan fingerprint density at radius 2 is 1.23 bits per heavy atom. The summed E-state index contributed by atoms with van der Waals surface area (Å²) in [7, 11) is 0. The van der Waals surface area contributed by atoms with Gasteiger partial charge in [0, 0.05) is 6.42 Å². The molecule has 0 fully saturated rings. The molecular formula is C10H24O3. The first-order valence-corrected chi connectivity index (χ1v) is 5.15. The molecule has 0 unspecified atom stereocenters. The molecule has 0 spiro atoms. The van der Waals surface area contributed by atoms with Crippen LogP contribution in [0.4, 0.5) is 0 Å². The van der Waals surface area contributed by atoms with Crippen molar-refractivity contribution in [1.82, 2.24) is 0 Å². The highest BCUT2D eigenvalue weighted by Gasteiger charge is 2.15. The van der Waals surface area contributed by atoms with Crippen molar-refractivity contribution < 1.29 is 15.3 Å². The monoisotopic (exact) mass is 192 g/mol. The molecule has 0 bridgehead atoms. The average Bonchev–Trinajstić information content (AvgIpc) is 2.03. The first-order valence-electron chi connectivity index (χ1n) is 5.15. The topological polar surface area (TPSA) is 60.7 Å². The maximum absolute atomic E-state index is 8.36. The zero-order valence-electron chi connectivity index (χ0n) is 9.08. The molecule has 13 heavy (non-hydrogen) atoms. The van der Waals surface area contributed by atoms with Gasteiger partial charge in [-0.05, 0) is 6.42 Å². The van der Waals surface area contributed by atoms with E-state index < -0.39 is 5.97 Å². The molecule has 0 atom stereocenters. The summed E-state index contributed by atoms with van der Waals surface area (Å²) in [5, 5.41) is 25.1. The zero-order valence-corrected chi connectivity index (χ0v) is 9.08. The molecule has 0 aliphatic rings. The molecule has 0 aromatic heterocycles. The van der Waals surface area contributed by atoms with Crippen LogP contribution < -0.4 is 0 Å². The first-order chi connectivity index (χ1) is 5.97. The molecule has 0 heterocycles. The fourth-order valence-corrected chi connectivity index (χ4v) is 0.612. The molecule has 82 valence electrons. The molecule has 3 heteroatoms. The lowest BCUT2D eigenvalue weighted by atomic mass is 10.2. The third-order valence-electron chi connectivity index (χ3n) is 1.62. The van der Waals surface area contributed by atoms with Gasteiger partial charge in [0.1, 0.15) is 0 Å². The van der Waals surface area contributed by atoms with Gasteiger partial charge in [-0.15, -0.1) is 0 Å². The van der Waals surface area contributed by atoms with Gasteiger partial charge in [0.25, 0.3) is 5.97 Å². The summed E-state index contributed by atoms with van der Waals surface area (Å²) >= 11 is 0. The number of hydrogen-bond acceptors (Lipinski definition) is 3. The van der Waals surface area contributed by atoms with Crippen LogP contribution in [-0.2, 0) is 0 Å². The van der Waals surface area contributed by atoms with Gasteiger partial charge < -0.3 is 15.3 Å². The van der Waals surface area contributed by atoms with E-state index >= 15 is 0 Å². The van der Waals surface area contributed by atoms with Crippen molar-refractivity contribution in [2.24, 2.45) is 0 Å². The minimum atomic E-state index is -2.45. The van der Waals surface area contributed by atoms with E-state index in [1.165, 1.54) is 12.8 Å². The minimum Gasteiger partial charge on any atom is -0.344 e. The van der Waals surface area contributed by atoms with E-state index in [0.717, 1.165) is 12.8 Å². The van der Waals surface area contributed by atoms with Gasteiger partial charge in [0.05, 0.1) is 0 Å². The van der Waals surface area contributed by atoms with E-state index in [2.05, 4.69) is 13.8 Å². The Labute approximate surface area is 81.4 Å². The molecule has 0 amide bonds. The predicted octanol–water partition coefficient (Wildman–Crippen LogP) is 2.00. The maximum atomic E-state index is 8.36. The fraction of sp³-hybridized carbons (Fsp3) is 1.00. The molecule has 3 N–H and O–H groups in total. The summed E-state index contributed by atoms with van der Waals surface area (Å²) in [6.07, 6.45) is 5.26. The van der Waals surface area contributed by atoms with Crippen molar-refractivity contribution in [3.05, 3.63) is 0 Å². The highest BCUT2D eigenvalue weighted by molar-refractivity contribution is 4.47. The molecule has 0 radical (unpaired) electrons.